The Balaban J connectivity index is 0. The Morgan fingerprint density at radius 3 is 1.23 bits per heavy atom. The molecule has 1 unspecified atom stereocenters. The molecule has 30 heavy (non-hydrogen) atoms. The molecule has 4 nitrogen and oxygen atoms in total. The second kappa shape index (κ2) is 24.5. The molecule has 0 aliphatic rings. The summed E-state index contributed by atoms with van der Waals surface area (Å²) < 4.78 is 31.5. The normalized spacial score (nSPS) is 12.6. The van der Waals surface area contributed by atoms with Crippen molar-refractivity contribution in [3.05, 3.63) is 0 Å². The average molecular weight is 457 g/mol. The van der Waals surface area contributed by atoms with Gasteiger partial charge in [-0.15, -0.1) is 0 Å². The molecule has 176 valence electrons. The third-order valence-corrected chi connectivity index (χ3v) is 6.61. The first kappa shape index (κ1) is 33.0. The van der Waals surface area contributed by atoms with E-state index in [1.807, 2.05) is 0 Å². The van der Waals surface area contributed by atoms with Gasteiger partial charge in [0.05, 0.1) is 16.2 Å². The molecule has 0 aliphatic carbocycles. The van der Waals surface area contributed by atoms with Crippen LogP contribution < -0.4 is 29.6 Å². The molecule has 0 amide bonds. The van der Waals surface area contributed by atoms with Crippen molar-refractivity contribution in [2.45, 2.75) is 148 Å². The van der Waals surface area contributed by atoms with E-state index in [1.165, 1.54) is 96.3 Å². The predicted molar refractivity (Wildman–Crippen MR) is 123 cm³/mol. The molecule has 1 atom stereocenters. The number of aliphatic hydroxyl groups excluding tert-OH is 1. The van der Waals surface area contributed by atoms with Gasteiger partial charge in [-0.25, -0.2) is 8.42 Å². The van der Waals surface area contributed by atoms with Gasteiger partial charge in [-0.2, -0.15) is 0 Å². The van der Waals surface area contributed by atoms with Crippen LogP contribution in [-0.2, 0) is 10.1 Å². The van der Waals surface area contributed by atoms with Crippen LogP contribution in [0, 0.1) is 0 Å². The minimum absolute atomic E-state index is 0. The molecule has 0 fully saturated rings. The van der Waals surface area contributed by atoms with Crippen molar-refractivity contribution in [2.75, 3.05) is 5.75 Å². The average Bonchev–Trinajstić information content (AvgIpc) is 2.66. The maximum absolute atomic E-state index is 10.5. The van der Waals surface area contributed by atoms with Crippen LogP contribution in [0.1, 0.15) is 142 Å². The van der Waals surface area contributed by atoms with Crippen LogP contribution in [0.25, 0.3) is 0 Å². The first-order valence-corrected chi connectivity index (χ1v) is 14.1. The van der Waals surface area contributed by atoms with Crippen LogP contribution >= 0.6 is 0 Å². The maximum Gasteiger partial charge on any atom is 1.00 e. The Morgan fingerprint density at radius 1 is 0.600 bits per heavy atom. The molecule has 0 spiro atoms. The summed E-state index contributed by atoms with van der Waals surface area (Å²) in [5, 5.41) is 10.0. The summed E-state index contributed by atoms with van der Waals surface area (Å²) in [5.41, 5.74) is 0. The summed E-state index contributed by atoms with van der Waals surface area (Å²) >= 11 is 0. The Bertz CT molecular complexity index is 429. The van der Waals surface area contributed by atoms with Gasteiger partial charge in [-0.05, 0) is 19.3 Å². The van der Waals surface area contributed by atoms with Gasteiger partial charge >= 0.3 is 29.6 Å². The van der Waals surface area contributed by atoms with E-state index in [2.05, 4.69) is 6.92 Å². The van der Waals surface area contributed by atoms with E-state index in [4.69, 9.17) is 0 Å². The molecule has 0 saturated heterocycles. The van der Waals surface area contributed by atoms with Crippen molar-refractivity contribution in [1.29, 1.82) is 0 Å². The van der Waals surface area contributed by atoms with Crippen molar-refractivity contribution in [2.24, 2.45) is 0 Å². The first-order valence-electron chi connectivity index (χ1n) is 12.6. The largest absolute Gasteiger partial charge is 1.00 e. The predicted octanol–water partition coefficient (Wildman–Crippen LogP) is 4.11. The molecule has 1 N–H and O–H groups in total. The molecule has 0 radical (unpaired) electrons. The first-order chi connectivity index (χ1) is 14.0. The van der Waals surface area contributed by atoms with Crippen LogP contribution in [0.15, 0.2) is 0 Å². The van der Waals surface area contributed by atoms with Crippen LogP contribution in [-0.4, -0.2) is 29.9 Å². The van der Waals surface area contributed by atoms with Crippen molar-refractivity contribution in [3.8, 4) is 0 Å². The van der Waals surface area contributed by atoms with Gasteiger partial charge in [0.2, 0.25) is 0 Å². The molecule has 0 aromatic rings. The topological polar surface area (TPSA) is 77.4 Å². The van der Waals surface area contributed by atoms with E-state index < -0.39 is 10.1 Å². The Kier molecular flexibility index (Phi) is 27.0. The molecular weight excluding hydrogens is 407 g/mol. The quantitative estimate of drug-likeness (QED) is 0.143. The van der Waals surface area contributed by atoms with E-state index in [9.17, 15) is 18.1 Å². The molecule has 0 aliphatic heterocycles. The van der Waals surface area contributed by atoms with Crippen LogP contribution in [0.4, 0.5) is 0 Å². The van der Waals surface area contributed by atoms with E-state index >= 15 is 0 Å². The van der Waals surface area contributed by atoms with E-state index in [1.54, 1.807) is 0 Å². The van der Waals surface area contributed by atoms with Crippen molar-refractivity contribution in [1.82, 2.24) is 0 Å². The van der Waals surface area contributed by atoms with Gasteiger partial charge in [0.1, 0.15) is 0 Å². The number of hydrogen-bond donors (Lipinski definition) is 1. The molecule has 0 aromatic heterocycles. The van der Waals surface area contributed by atoms with Gasteiger partial charge in [0, 0.05) is 5.75 Å². The summed E-state index contributed by atoms with van der Waals surface area (Å²) in [5.74, 6) is -0.203. The Morgan fingerprint density at radius 2 is 0.900 bits per heavy atom. The van der Waals surface area contributed by atoms with E-state index in [0.29, 0.717) is 6.42 Å². The number of rotatable bonds is 23. The fourth-order valence-corrected chi connectivity index (χ4v) is 4.47. The zero-order valence-electron chi connectivity index (χ0n) is 20.2. The summed E-state index contributed by atoms with van der Waals surface area (Å²) in [6, 6.07) is 0. The minimum Gasteiger partial charge on any atom is -0.748 e. The summed E-state index contributed by atoms with van der Waals surface area (Å²) in [6.45, 7) is 2.24. The van der Waals surface area contributed by atoms with Crippen molar-refractivity contribution >= 4 is 10.1 Å². The van der Waals surface area contributed by atoms with Crippen LogP contribution in [0.2, 0.25) is 0 Å². The summed E-state index contributed by atoms with van der Waals surface area (Å²) in [4.78, 5) is 0. The number of unbranched alkanes of at least 4 members (excludes halogenated alkanes) is 17. The number of hydrogen-bond acceptors (Lipinski definition) is 4. The monoisotopic (exact) mass is 456 g/mol. The third-order valence-electron chi connectivity index (χ3n) is 5.82. The molecule has 0 rings (SSSR count). The maximum atomic E-state index is 10.5. The second-order valence-corrected chi connectivity index (χ2v) is 10.4. The van der Waals surface area contributed by atoms with Crippen molar-refractivity contribution < 1.29 is 47.6 Å². The molecule has 0 bridgehead atoms. The van der Waals surface area contributed by atoms with Gasteiger partial charge < -0.3 is 9.66 Å². The zero-order valence-corrected chi connectivity index (χ0v) is 23.0. The van der Waals surface area contributed by atoms with Gasteiger partial charge in [0.15, 0.2) is 0 Å². The minimum atomic E-state index is -4.02. The molecular formula is C24H49NaO4S. The zero-order chi connectivity index (χ0) is 21.6. The summed E-state index contributed by atoms with van der Waals surface area (Å²) in [7, 11) is -4.02. The SMILES string of the molecule is CCCCCCCCC(O)CCCCCCCCCCCCCCCS(=O)(=O)[O-].[Na+]. The summed E-state index contributed by atoms with van der Waals surface area (Å²) in [6.07, 6.45) is 24.7. The smallest absolute Gasteiger partial charge is 0.748 e. The molecule has 0 aromatic carbocycles. The molecule has 0 saturated carbocycles. The standard InChI is InChI=1S/C24H50O4S.Na/c1-2-3-4-5-15-18-21-24(25)22-19-16-13-11-9-7-6-8-10-12-14-17-20-23-29(26,27)28;/h24-25H,2-23H2,1H3,(H,26,27,28);/q;+1/p-1. The van der Waals surface area contributed by atoms with Crippen LogP contribution in [0.5, 0.6) is 0 Å². The van der Waals surface area contributed by atoms with E-state index in [0.717, 1.165) is 32.1 Å². The van der Waals surface area contributed by atoms with E-state index in [-0.39, 0.29) is 41.4 Å². The number of aliphatic hydroxyl groups is 1. The van der Waals surface area contributed by atoms with Gasteiger partial charge in [-0.3, -0.25) is 0 Å². The fourth-order valence-electron chi connectivity index (χ4n) is 3.91. The Hall–Kier alpha value is 0.870. The van der Waals surface area contributed by atoms with Crippen molar-refractivity contribution in [3.63, 3.8) is 0 Å². The molecule has 0 heterocycles. The molecule has 6 heteroatoms. The van der Waals surface area contributed by atoms with Gasteiger partial charge in [0.25, 0.3) is 0 Å². The third kappa shape index (κ3) is 28.9. The Labute approximate surface area is 210 Å². The fraction of sp³-hybridized carbons (Fsp3) is 1.00. The second-order valence-electron chi connectivity index (χ2n) is 8.86. The van der Waals surface area contributed by atoms with Crippen LogP contribution in [0.3, 0.4) is 0 Å². The van der Waals surface area contributed by atoms with Gasteiger partial charge in [-0.1, -0.05) is 122 Å².